The first-order valence-corrected chi connectivity index (χ1v) is 6.68. The highest BCUT2D eigenvalue weighted by Gasteiger charge is 2.24. The average molecular weight is 316 g/mol. The molecule has 0 saturated heterocycles. The fourth-order valence-corrected chi connectivity index (χ4v) is 2.33. The van der Waals surface area contributed by atoms with E-state index < -0.39 is 5.54 Å². The highest BCUT2D eigenvalue weighted by atomic mass is 79.9. The molecule has 0 aliphatic heterocycles. The van der Waals surface area contributed by atoms with Crippen molar-refractivity contribution < 1.29 is 0 Å². The second-order valence-electron chi connectivity index (χ2n) is 4.80. The summed E-state index contributed by atoms with van der Waals surface area (Å²) in [6, 6.07) is 7.90. The third-order valence-electron chi connectivity index (χ3n) is 2.40. The lowest BCUT2D eigenvalue weighted by atomic mass is 9.92. The third kappa shape index (κ3) is 4.22. The Kier molecular flexibility index (Phi) is 4.85. The zero-order valence-electron chi connectivity index (χ0n) is 10.2. The van der Waals surface area contributed by atoms with Gasteiger partial charge in [0.1, 0.15) is 5.54 Å². The number of hydrogen-bond acceptors (Lipinski definition) is 2. The van der Waals surface area contributed by atoms with Crippen molar-refractivity contribution in [1.29, 1.82) is 5.26 Å². The van der Waals surface area contributed by atoms with Crippen LogP contribution in [-0.2, 0) is 0 Å². The van der Waals surface area contributed by atoms with Crippen LogP contribution >= 0.6 is 27.5 Å². The summed E-state index contributed by atoms with van der Waals surface area (Å²) >= 11 is 9.30. The SMILES string of the molecule is CC(C)CC(C)(C#N)Nc1ccc(Cl)c(Br)c1. The fourth-order valence-electron chi connectivity index (χ4n) is 1.83. The van der Waals surface area contributed by atoms with Crippen molar-refractivity contribution in [3.05, 3.63) is 27.7 Å². The molecular formula is C13H16BrClN2. The Balaban J connectivity index is 2.88. The second kappa shape index (κ2) is 5.75. The van der Waals surface area contributed by atoms with Gasteiger partial charge in [0, 0.05) is 10.2 Å². The first kappa shape index (κ1) is 14.3. The van der Waals surface area contributed by atoms with Crippen molar-refractivity contribution in [2.75, 3.05) is 5.32 Å². The van der Waals surface area contributed by atoms with E-state index in [4.69, 9.17) is 11.6 Å². The second-order valence-corrected chi connectivity index (χ2v) is 6.06. The molecule has 0 aliphatic carbocycles. The van der Waals surface area contributed by atoms with Crippen LogP contribution in [0.2, 0.25) is 5.02 Å². The third-order valence-corrected chi connectivity index (χ3v) is 3.62. The van der Waals surface area contributed by atoms with Crippen LogP contribution in [0.5, 0.6) is 0 Å². The molecule has 0 fully saturated rings. The molecule has 2 nitrogen and oxygen atoms in total. The molecule has 1 N–H and O–H groups in total. The van der Waals surface area contributed by atoms with Crippen molar-refractivity contribution in [1.82, 2.24) is 0 Å². The quantitative estimate of drug-likeness (QED) is 0.862. The van der Waals surface area contributed by atoms with Gasteiger partial charge in [0.15, 0.2) is 0 Å². The topological polar surface area (TPSA) is 35.8 Å². The summed E-state index contributed by atoms with van der Waals surface area (Å²) in [5.74, 6) is 0.461. The average Bonchev–Trinajstić information content (AvgIpc) is 2.22. The molecule has 1 atom stereocenters. The van der Waals surface area contributed by atoms with E-state index >= 15 is 0 Å². The monoisotopic (exact) mass is 314 g/mol. The van der Waals surface area contributed by atoms with Gasteiger partial charge in [-0.2, -0.15) is 5.26 Å². The summed E-state index contributed by atoms with van der Waals surface area (Å²) in [6.07, 6.45) is 0.795. The number of nitrogens with zero attached hydrogens (tertiary/aromatic N) is 1. The van der Waals surface area contributed by atoms with E-state index in [-0.39, 0.29) is 0 Å². The number of anilines is 1. The van der Waals surface area contributed by atoms with Crippen molar-refractivity contribution in [3.63, 3.8) is 0 Å². The summed E-state index contributed by atoms with van der Waals surface area (Å²) in [5.41, 5.74) is 0.340. The Morgan fingerprint density at radius 2 is 2.18 bits per heavy atom. The van der Waals surface area contributed by atoms with E-state index in [1.807, 2.05) is 19.1 Å². The van der Waals surface area contributed by atoms with E-state index in [1.54, 1.807) is 6.07 Å². The Morgan fingerprint density at radius 1 is 1.53 bits per heavy atom. The number of rotatable bonds is 4. The highest BCUT2D eigenvalue weighted by Crippen LogP contribution is 2.28. The van der Waals surface area contributed by atoms with Crippen LogP contribution in [0.4, 0.5) is 5.69 Å². The standard InChI is InChI=1S/C13H16BrClN2/c1-9(2)7-13(3,8-16)17-10-4-5-12(15)11(14)6-10/h4-6,9,17H,7H2,1-3H3. The van der Waals surface area contributed by atoms with Crippen molar-refractivity contribution in [2.45, 2.75) is 32.7 Å². The summed E-state index contributed by atoms with van der Waals surface area (Å²) in [5, 5.41) is 13.2. The molecule has 0 aliphatic rings. The minimum Gasteiger partial charge on any atom is -0.368 e. The molecule has 0 saturated carbocycles. The number of nitriles is 1. The van der Waals surface area contributed by atoms with Crippen LogP contribution in [0.3, 0.4) is 0 Å². The van der Waals surface area contributed by atoms with Gasteiger partial charge in [-0.1, -0.05) is 25.4 Å². The maximum absolute atomic E-state index is 9.27. The molecule has 0 bridgehead atoms. The molecular weight excluding hydrogens is 300 g/mol. The van der Waals surface area contributed by atoms with E-state index in [0.29, 0.717) is 10.9 Å². The van der Waals surface area contributed by atoms with Crippen LogP contribution in [0.1, 0.15) is 27.2 Å². The molecule has 0 amide bonds. The largest absolute Gasteiger partial charge is 0.368 e. The maximum Gasteiger partial charge on any atom is 0.122 e. The van der Waals surface area contributed by atoms with Gasteiger partial charge in [-0.05, 0) is 53.4 Å². The summed E-state index contributed by atoms with van der Waals surface area (Å²) < 4.78 is 0.828. The van der Waals surface area contributed by atoms with Gasteiger partial charge in [-0.25, -0.2) is 0 Å². The Bertz CT molecular complexity index is 440. The smallest absolute Gasteiger partial charge is 0.122 e. The molecule has 1 aromatic carbocycles. The van der Waals surface area contributed by atoms with Crippen molar-refractivity contribution in [3.8, 4) is 6.07 Å². The lowest BCUT2D eigenvalue weighted by Crippen LogP contribution is -2.34. The van der Waals surface area contributed by atoms with Gasteiger partial charge >= 0.3 is 0 Å². The van der Waals surface area contributed by atoms with Crippen LogP contribution in [0.25, 0.3) is 0 Å². The molecule has 0 spiro atoms. The van der Waals surface area contributed by atoms with Crippen LogP contribution in [0.15, 0.2) is 22.7 Å². The molecule has 1 unspecified atom stereocenters. The Morgan fingerprint density at radius 3 is 2.65 bits per heavy atom. The number of halogens is 2. The molecule has 0 aromatic heterocycles. The van der Waals surface area contributed by atoms with Gasteiger partial charge in [0.05, 0.1) is 11.1 Å². The predicted molar refractivity (Wildman–Crippen MR) is 76.2 cm³/mol. The number of benzene rings is 1. The molecule has 0 radical (unpaired) electrons. The van der Waals surface area contributed by atoms with Crippen LogP contribution in [0, 0.1) is 17.2 Å². The lowest BCUT2D eigenvalue weighted by molar-refractivity contribution is 0.474. The predicted octanol–water partition coefficient (Wildman–Crippen LogP) is 4.84. The Hall–Kier alpha value is -0.720. The van der Waals surface area contributed by atoms with Gasteiger partial charge < -0.3 is 5.32 Å². The van der Waals surface area contributed by atoms with Gasteiger partial charge in [-0.15, -0.1) is 0 Å². The molecule has 1 rings (SSSR count). The summed E-state index contributed by atoms with van der Waals surface area (Å²) in [4.78, 5) is 0. The Labute approximate surface area is 116 Å². The minimum absolute atomic E-state index is 0.461. The molecule has 1 aromatic rings. The minimum atomic E-state index is -0.554. The number of nitrogens with one attached hydrogen (secondary N) is 1. The summed E-state index contributed by atoms with van der Waals surface area (Å²) in [6.45, 7) is 6.12. The molecule has 4 heteroatoms. The van der Waals surface area contributed by atoms with E-state index in [9.17, 15) is 5.26 Å². The molecule has 0 heterocycles. The first-order chi connectivity index (χ1) is 7.86. The van der Waals surface area contributed by atoms with E-state index in [0.717, 1.165) is 16.6 Å². The van der Waals surface area contributed by atoms with Gasteiger partial charge in [0.25, 0.3) is 0 Å². The molecule has 17 heavy (non-hydrogen) atoms. The maximum atomic E-state index is 9.27. The highest BCUT2D eigenvalue weighted by molar-refractivity contribution is 9.10. The fraction of sp³-hybridized carbons (Fsp3) is 0.462. The van der Waals surface area contributed by atoms with E-state index in [1.165, 1.54) is 0 Å². The summed E-state index contributed by atoms with van der Waals surface area (Å²) in [7, 11) is 0. The zero-order valence-corrected chi connectivity index (χ0v) is 12.6. The number of hydrogen-bond donors (Lipinski definition) is 1. The van der Waals surface area contributed by atoms with Crippen molar-refractivity contribution in [2.24, 2.45) is 5.92 Å². The lowest BCUT2D eigenvalue weighted by Gasteiger charge is -2.26. The van der Waals surface area contributed by atoms with E-state index in [2.05, 4.69) is 41.2 Å². The van der Waals surface area contributed by atoms with Crippen LogP contribution in [-0.4, -0.2) is 5.54 Å². The van der Waals surface area contributed by atoms with Crippen LogP contribution < -0.4 is 5.32 Å². The molecule has 92 valence electrons. The van der Waals surface area contributed by atoms with Gasteiger partial charge in [0.2, 0.25) is 0 Å². The zero-order chi connectivity index (χ0) is 13.1. The normalized spacial score (nSPS) is 14.2. The van der Waals surface area contributed by atoms with Gasteiger partial charge in [-0.3, -0.25) is 0 Å². The van der Waals surface area contributed by atoms with Crippen molar-refractivity contribution >= 4 is 33.2 Å². The first-order valence-electron chi connectivity index (χ1n) is 5.51.